The van der Waals surface area contributed by atoms with Gasteiger partial charge in [0.2, 0.25) is 5.91 Å². The van der Waals surface area contributed by atoms with E-state index in [0.29, 0.717) is 5.69 Å². The summed E-state index contributed by atoms with van der Waals surface area (Å²) in [4.78, 5) is 25.1. The minimum atomic E-state index is -0.530. The maximum atomic E-state index is 11.8. The van der Waals surface area contributed by atoms with Crippen LogP contribution in [-0.4, -0.2) is 59.5 Å². The Morgan fingerprint density at radius 2 is 2.25 bits per heavy atom. The second-order valence-corrected chi connectivity index (χ2v) is 4.91. The van der Waals surface area contributed by atoms with Crippen LogP contribution in [0.1, 0.15) is 35.1 Å². The highest BCUT2D eigenvalue weighted by atomic mass is 16.5. The number of nitrogens with zero attached hydrogens (tertiary/aromatic N) is 4. The number of carbonyl (C=O) groups excluding carboxylic acids is 2. The molecular weight excluding hydrogens is 262 g/mol. The molecular formula is C12H19N5O3. The minimum absolute atomic E-state index is 0.0194. The molecule has 2 rings (SSSR count). The summed E-state index contributed by atoms with van der Waals surface area (Å²) < 4.78 is 6.21. The van der Waals surface area contributed by atoms with Crippen molar-refractivity contribution in [3.63, 3.8) is 0 Å². The quantitative estimate of drug-likeness (QED) is 0.754. The van der Waals surface area contributed by atoms with E-state index >= 15 is 0 Å². The second-order valence-electron chi connectivity index (χ2n) is 4.91. The van der Waals surface area contributed by atoms with Crippen molar-refractivity contribution in [3.8, 4) is 0 Å². The van der Waals surface area contributed by atoms with Gasteiger partial charge in [-0.05, 0) is 19.4 Å². The van der Waals surface area contributed by atoms with Gasteiger partial charge in [0.15, 0.2) is 5.69 Å². The number of hydrogen-bond acceptors (Lipinski definition) is 6. The van der Waals surface area contributed by atoms with Crippen LogP contribution < -0.4 is 5.32 Å². The molecule has 20 heavy (non-hydrogen) atoms. The number of methoxy groups -OCH3 is 1. The lowest BCUT2D eigenvalue weighted by atomic mass is 10.1. The van der Waals surface area contributed by atoms with Crippen molar-refractivity contribution in [2.24, 2.45) is 0 Å². The van der Waals surface area contributed by atoms with Crippen LogP contribution in [0.5, 0.6) is 0 Å². The van der Waals surface area contributed by atoms with Crippen molar-refractivity contribution in [1.82, 2.24) is 25.2 Å². The Labute approximate surface area is 117 Å². The third-order valence-corrected chi connectivity index (χ3v) is 3.33. The Kier molecular flexibility index (Phi) is 4.33. The first-order valence-electron chi connectivity index (χ1n) is 6.49. The molecule has 1 unspecified atom stereocenters. The molecule has 2 heterocycles. The van der Waals surface area contributed by atoms with E-state index in [1.54, 1.807) is 14.1 Å². The Bertz CT molecular complexity index is 505. The summed E-state index contributed by atoms with van der Waals surface area (Å²) >= 11 is 0. The van der Waals surface area contributed by atoms with Gasteiger partial charge in [-0.1, -0.05) is 5.21 Å². The van der Waals surface area contributed by atoms with E-state index < -0.39 is 5.97 Å². The Balaban J connectivity index is 2.33. The molecule has 1 aromatic rings. The molecule has 1 saturated heterocycles. The molecule has 0 aromatic carbocycles. The fraction of sp³-hybridized carbons (Fsp3) is 0.667. The Morgan fingerprint density at radius 3 is 2.80 bits per heavy atom. The molecule has 1 fully saturated rings. The van der Waals surface area contributed by atoms with Crippen LogP contribution in [0.2, 0.25) is 0 Å². The van der Waals surface area contributed by atoms with Gasteiger partial charge >= 0.3 is 5.97 Å². The van der Waals surface area contributed by atoms with E-state index in [1.807, 2.05) is 0 Å². The third-order valence-electron chi connectivity index (χ3n) is 3.33. The van der Waals surface area contributed by atoms with Gasteiger partial charge in [0, 0.05) is 14.1 Å². The fourth-order valence-electron chi connectivity index (χ4n) is 2.21. The monoisotopic (exact) mass is 281 g/mol. The van der Waals surface area contributed by atoms with Crippen LogP contribution in [-0.2, 0) is 16.1 Å². The zero-order valence-corrected chi connectivity index (χ0v) is 11.9. The van der Waals surface area contributed by atoms with Crippen molar-refractivity contribution in [2.75, 3.05) is 27.7 Å². The molecule has 1 N–H and O–H groups in total. The predicted octanol–water partition coefficient (Wildman–Crippen LogP) is -0.423. The van der Waals surface area contributed by atoms with Crippen molar-refractivity contribution < 1.29 is 14.3 Å². The summed E-state index contributed by atoms with van der Waals surface area (Å²) in [6.45, 7) is 0.933. The highest BCUT2D eigenvalue weighted by Crippen LogP contribution is 2.25. The Hall–Kier alpha value is -1.96. The smallest absolute Gasteiger partial charge is 0.360 e. The van der Waals surface area contributed by atoms with Crippen molar-refractivity contribution in [3.05, 3.63) is 11.4 Å². The summed E-state index contributed by atoms with van der Waals surface area (Å²) in [5.74, 6) is -0.636. The van der Waals surface area contributed by atoms with Gasteiger partial charge in [0.05, 0.1) is 18.8 Å². The summed E-state index contributed by atoms with van der Waals surface area (Å²) in [7, 11) is 4.65. The van der Waals surface area contributed by atoms with E-state index in [-0.39, 0.29) is 24.2 Å². The van der Waals surface area contributed by atoms with E-state index in [9.17, 15) is 9.59 Å². The highest BCUT2D eigenvalue weighted by Gasteiger charge is 2.29. The molecule has 8 heteroatoms. The van der Waals surface area contributed by atoms with Crippen LogP contribution in [0, 0.1) is 0 Å². The number of ether oxygens (including phenoxy) is 1. The second kappa shape index (κ2) is 6.00. The minimum Gasteiger partial charge on any atom is -0.464 e. The van der Waals surface area contributed by atoms with Gasteiger partial charge in [0.1, 0.15) is 6.54 Å². The van der Waals surface area contributed by atoms with Gasteiger partial charge < -0.3 is 15.0 Å². The first-order valence-corrected chi connectivity index (χ1v) is 6.49. The van der Waals surface area contributed by atoms with Gasteiger partial charge in [-0.15, -0.1) is 5.10 Å². The van der Waals surface area contributed by atoms with E-state index in [4.69, 9.17) is 4.74 Å². The first kappa shape index (κ1) is 14.4. The molecule has 0 saturated carbocycles. The normalized spacial score (nSPS) is 18.1. The van der Waals surface area contributed by atoms with Crippen LogP contribution in [0.3, 0.4) is 0 Å². The molecule has 1 amide bonds. The molecule has 0 aliphatic carbocycles. The number of nitrogens with one attached hydrogen (secondary N) is 1. The van der Waals surface area contributed by atoms with Crippen molar-refractivity contribution in [1.29, 1.82) is 0 Å². The average Bonchev–Trinajstić information content (AvgIpc) is 3.05. The largest absolute Gasteiger partial charge is 0.464 e. The number of carbonyl (C=O) groups is 2. The maximum Gasteiger partial charge on any atom is 0.360 e. The fourth-order valence-corrected chi connectivity index (χ4v) is 2.21. The zero-order valence-electron chi connectivity index (χ0n) is 11.9. The summed E-state index contributed by atoms with van der Waals surface area (Å²) in [6, 6.07) is -0.0194. The van der Waals surface area contributed by atoms with Gasteiger partial charge in [-0.2, -0.15) is 0 Å². The first-order chi connectivity index (χ1) is 9.54. The topological polar surface area (TPSA) is 89.3 Å². The van der Waals surface area contributed by atoms with Gasteiger partial charge in [-0.3, -0.25) is 4.79 Å². The molecule has 1 aromatic heterocycles. The van der Waals surface area contributed by atoms with Crippen LogP contribution in [0.4, 0.5) is 0 Å². The molecule has 8 nitrogen and oxygen atoms in total. The zero-order chi connectivity index (χ0) is 14.7. The van der Waals surface area contributed by atoms with Crippen LogP contribution in [0.15, 0.2) is 0 Å². The molecule has 1 aliphatic heterocycles. The number of rotatable bonds is 4. The molecule has 0 bridgehead atoms. The summed E-state index contributed by atoms with van der Waals surface area (Å²) in [6.07, 6.45) is 1.89. The van der Waals surface area contributed by atoms with Crippen molar-refractivity contribution >= 4 is 11.9 Å². The highest BCUT2D eigenvalue weighted by molar-refractivity contribution is 5.88. The van der Waals surface area contributed by atoms with Crippen molar-refractivity contribution in [2.45, 2.75) is 25.4 Å². The lowest BCUT2D eigenvalue weighted by molar-refractivity contribution is -0.129. The number of hydrogen-bond donors (Lipinski definition) is 1. The Morgan fingerprint density at radius 1 is 1.50 bits per heavy atom. The average molecular weight is 281 g/mol. The van der Waals surface area contributed by atoms with Gasteiger partial charge in [-0.25, -0.2) is 9.48 Å². The number of likely N-dealkylation sites (N-methyl/N-ethyl adjacent to an activating group) is 1. The lowest BCUT2D eigenvalue weighted by Crippen LogP contribution is -2.29. The van der Waals surface area contributed by atoms with Gasteiger partial charge in [0.25, 0.3) is 0 Å². The summed E-state index contributed by atoms with van der Waals surface area (Å²) in [5.41, 5.74) is 0.808. The van der Waals surface area contributed by atoms with E-state index in [0.717, 1.165) is 19.4 Å². The molecule has 1 aliphatic rings. The van der Waals surface area contributed by atoms with E-state index in [1.165, 1.54) is 16.7 Å². The lowest BCUT2D eigenvalue weighted by Gasteiger charge is -2.15. The maximum absolute atomic E-state index is 11.8. The molecule has 1 atom stereocenters. The summed E-state index contributed by atoms with van der Waals surface area (Å²) in [5, 5.41) is 11.1. The third kappa shape index (κ3) is 2.79. The number of amides is 1. The number of esters is 1. The molecule has 110 valence electrons. The standard InChI is InChI=1S/C12H19N5O3/c1-16(2)9(18)7-17-11(8-5-4-6-13-8)10(14-15-17)12(19)20-3/h8,13H,4-7H2,1-3H3. The van der Waals surface area contributed by atoms with Crippen LogP contribution >= 0.6 is 0 Å². The van der Waals surface area contributed by atoms with Crippen LogP contribution in [0.25, 0.3) is 0 Å². The predicted molar refractivity (Wildman–Crippen MR) is 70.0 cm³/mol. The molecule has 0 spiro atoms. The molecule has 0 radical (unpaired) electrons. The SMILES string of the molecule is COC(=O)c1nnn(CC(=O)N(C)C)c1C1CCCN1. The van der Waals surface area contributed by atoms with E-state index in [2.05, 4.69) is 15.6 Å². The number of aromatic nitrogens is 3.